The van der Waals surface area contributed by atoms with Crippen molar-refractivity contribution in [2.45, 2.75) is 0 Å². The number of rotatable bonds is 4. The molecule has 0 bridgehead atoms. The highest BCUT2D eigenvalue weighted by atomic mass is 35.5. The van der Waals surface area contributed by atoms with Gasteiger partial charge in [0, 0.05) is 28.4 Å². The van der Waals surface area contributed by atoms with Crippen LogP contribution in [0.5, 0.6) is 5.75 Å². The normalized spacial score (nSPS) is 10.7. The van der Waals surface area contributed by atoms with Gasteiger partial charge in [0.1, 0.15) is 11.4 Å². The van der Waals surface area contributed by atoms with Crippen LogP contribution in [0.4, 0.5) is 0 Å². The van der Waals surface area contributed by atoms with Crippen molar-refractivity contribution >= 4 is 11.6 Å². The number of aromatic nitrogens is 5. The van der Waals surface area contributed by atoms with Crippen LogP contribution in [0.15, 0.2) is 66.9 Å². The van der Waals surface area contributed by atoms with E-state index in [1.54, 1.807) is 13.3 Å². The molecule has 0 aliphatic rings. The highest BCUT2D eigenvalue weighted by molar-refractivity contribution is 6.33. The van der Waals surface area contributed by atoms with Gasteiger partial charge in [0.05, 0.1) is 12.8 Å². The highest BCUT2D eigenvalue weighted by Gasteiger charge is 2.13. The summed E-state index contributed by atoms with van der Waals surface area (Å²) in [6, 6.07) is 18.9. The minimum atomic E-state index is 0.458. The maximum Gasteiger partial charge on any atom is 0.223 e. The molecule has 4 rings (SSSR count). The van der Waals surface area contributed by atoms with Crippen molar-refractivity contribution in [2.75, 3.05) is 7.11 Å². The Morgan fingerprint density at radius 1 is 0.962 bits per heavy atom. The molecule has 0 amide bonds. The molecular weight excluding hydrogens is 350 g/mol. The van der Waals surface area contributed by atoms with Gasteiger partial charge < -0.3 is 4.74 Å². The van der Waals surface area contributed by atoms with Gasteiger partial charge in [-0.25, -0.2) is 0 Å². The summed E-state index contributed by atoms with van der Waals surface area (Å²) in [6.45, 7) is 0. The Bertz CT molecular complexity index is 1050. The standard InChI is InChI=1S/C19H14ClN5O/c1-26-18-12-13(9-10-15(18)14-6-2-3-7-16(14)20)25-23-19(22-24-25)17-8-4-5-11-21-17/h2-12H,1H3. The molecule has 4 aromatic rings. The molecule has 2 aromatic carbocycles. The van der Waals surface area contributed by atoms with E-state index in [1.807, 2.05) is 60.7 Å². The van der Waals surface area contributed by atoms with Crippen molar-refractivity contribution in [3.05, 3.63) is 71.9 Å². The molecule has 2 heterocycles. The van der Waals surface area contributed by atoms with Gasteiger partial charge in [0.2, 0.25) is 5.82 Å². The fourth-order valence-electron chi connectivity index (χ4n) is 2.63. The number of nitrogens with zero attached hydrogens (tertiary/aromatic N) is 5. The molecule has 0 spiro atoms. The van der Waals surface area contributed by atoms with Gasteiger partial charge >= 0.3 is 0 Å². The Kier molecular flexibility index (Phi) is 4.33. The zero-order chi connectivity index (χ0) is 17.9. The molecule has 0 saturated heterocycles. The zero-order valence-electron chi connectivity index (χ0n) is 13.9. The number of halogens is 1. The lowest BCUT2D eigenvalue weighted by molar-refractivity contribution is 0.416. The lowest BCUT2D eigenvalue weighted by Gasteiger charge is -2.11. The minimum absolute atomic E-state index is 0.458. The summed E-state index contributed by atoms with van der Waals surface area (Å²) in [5, 5.41) is 13.2. The van der Waals surface area contributed by atoms with Gasteiger partial charge in [-0.15, -0.1) is 15.0 Å². The van der Waals surface area contributed by atoms with E-state index in [9.17, 15) is 0 Å². The molecule has 128 valence electrons. The Morgan fingerprint density at radius 2 is 1.81 bits per heavy atom. The predicted octanol–water partition coefficient (Wildman–Crippen LogP) is 4.05. The van der Waals surface area contributed by atoms with Crippen LogP contribution < -0.4 is 4.74 Å². The fraction of sp³-hybridized carbons (Fsp3) is 0.0526. The van der Waals surface area contributed by atoms with Crippen molar-refractivity contribution < 1.29 is 4.74 Å². The first-order valence-corrected chi connectivity index (χ1v) is 8.29. The first-order chi connectivity index (χ1) is 12.8. The SMILES string of the molecule is COc1cc(-n2nnc(-c3ccccn3)n2)ccc1-c1ccccc1Cl. The van der Waals surface area contributed by atoms with Gasteiger partial charge in [-0.1, -0.05) is 35.9 Å². The molecule has 6 nitrogen and oxygen atoms in total. The van der Waals surface area contributed by atoms with Crippen molar-refractivity contribution in [2.24, 2.45) is 0 Å². The molecule has 0 aliphatic heterocycles. The third-order valence-corrected chi connectivity index (χ3v) is 4.22. The first kappa shape index (κ1) is 16.2. The van der Waals surface area contributed by atoms with Crippen LogP contribution in [0.25, 0.3) is 28.3 Å². The summed E-state index contributed by atoms with van der Waals surface area (Å²) in [5.41, 5.74) is 3.19. The Hall–Kier alpha value is -3.25. The van der Waals surface area contributed by atoms with E-state index < -0.39 is 0 Å². The third kappa shape index (κ3) is 3.02. The summed E-state index contributed by atoms with van der Waals surface area (Å²) < 4.78 is 5.55. The molecule has 7 heteroatoms. The number of hydrogen-bond acceptors (Lipinski definition) is 5. The first-order valence-electron chi connectivity index (χ1n) is 7.91. The number of methoxy groups -OCH3 is 1. The molecule has 0 N–H and O–H groups in total. The number of benzene rings is 2. The van der Waals surface area contributed by atoms with Crippen molar-refractivity contribution in [1.29, 1.82) is 0 Å². The van der Waals surface area contributed by atoms with E-state index in [-0.39, 0.29) is 0 Å². The predicted molar refractivity (Wildman–Crippen MR) is 99.4 cm³/mol. The quantitative estimate of drug-likeness (QED) is 0.547. The van der Waals surface area contributed by atoms with Crippen LogP contribution in [0.1, 0.15) is 0 Å². The lowest BCUT2D eigenvalue weighted by atomic mass is 10.0. The molecule has 0 unspecified atom stereocenters. The number of ether oxygens (including phenoxy) is 1. The van der Waals surface area contributed by atoms with Crippen LogP contribution in [0.2, 0.25) is 5.02 Å². The maximum absolute atomic E-state index is 6.31. The fourth-order valence-corrected chi connectivity index (χ4v) is 2.87. The smallest absolute Gasteiger partial charge is 0.223 e. The number of hydrogen-bond donors (Lipinski definition) is 0. The highest BCUT2D eigenvalue weighted by Crippen LogP contribution is 2.35. The molecule has 2 aromatic heterocycles. The maximum atomic E-state index is 6.31. The average Bonchev–Trinajstić information content (AvgIpc) is 3.19. The lowest BCUT2D eigenvalue weighted by Crippen LogP contribution is -2.00. The van der Waals surface area contributed by atoms with Crippen molar-refractivity contribution in [3.8, 4) is 34.1 Å². The summed E-state index contributed by atoms with van der Waals surface area (Å²) in [4.78, 5) is 5.68. The summed E-state index contributed by atoms with van der Waals surface area (Å²) in [7, 11) is 1.62. The van der Waals surface area contributed by atoms with Gasteiger partial charge in [-0.05, 0) is 35.5 Å². The van der Waals surface area contributed by atoms with Gasteiger partial charge in [-0.2, -0.15) is 0 Å². The monoisotopic (exact) mass is 363 g/mol. The van der Waals surface area contributed by atoms with Gasteiger partial charge in [0.15, 0.2) is 0 Å². The molecule has 0 aliphatic carbocycles. The molecule has 0 radical (unpaired) electrons. The van der Waals surface area contributed by atoms with Crippen molar-refractivity contribution in [1.82, 2.24) is 25.2 Å². The summed E-state index contributed by atoms with van der Waals surface area (Å²) in [5.74, 6) is 1.13. The zero-order valence-corrected chi connectivity index (χ0v) is 14.6. The van der Waals surface area contributed by atoms with Crippen LogP contribution >= 0.6 is 11.6 Å². The van der Waals surface area contributed by atoms with Gasteiger partial charge in [0.25, 0.3) is 0 Å². The third-order valence-electron chi connectivity index (χ3n) is 3.89. The topological polar surface area (TPSA) is 65.7 Å². The van der Waals surface area contributed by atoms with E-state index in [2.05, 4.69) is 20.4 Å². The van der Waals surface area contributed by atoms with Gasteiger partial charge in [-0.3, -0.25) is 4.98 Å². The average molecular weight is 364 g/mol. The molecule has 0 atom stereocenters. The van der Waals surface area contributed by atoms with E-state index in [4.69, 9.17) is 16.3 Å². The van der Waals surface area contributed by atoms with E-state index in [1.165, 1.54) is 4.80 Å². The van der Waals surface area contributed by atoms with Crippen LogP contribution in [-0.2, 0) is 0 Å². The summed E-state index contributed by atoms with van der Waals surface area (Å²) >= 11 is 6.31. The minimum Gasteiger partial charge on any atom is -0.496 e. The van der Waals surface area contributed by atoms with E-state index in [0.717, 1.165) is 16.8 Å². The molecule has 26 heavy (non-hydrogen) atoms. The molecule has 0 fully saturated rings. The van der Waals surface area contributed by atoms with E-state index >= 15 is 0 Å². The van der Waals surface area contributed by atoms with Crippen LogP contribution in [0, 0.1) is 0 Å². The second-order valence-electron chi connectivity index (χ2n) is 5.48. The number of tetrazole rings is 1. The largest absolute Gasteiger partial charge is 0.496 e. The Labute approximate surface area is 155 Å². The van der Waals surface area contributed by atoms with Crippen LogP contribution in [0.3, 0.4) is 0 Å². The Morgan fingerprint density at radius 3 is 2.58 bits per heavy atom. The second kappa shape index (κ2) is 6.93. The van der Waals surface area contributed by atoms with Crippen LogP contribution in [-0.4, -0.2) is 32.3 Å². The van der Waals surface area contributed by atoms with E-state index in [0.29, 0.717) is 22.3 Å². The molecule has 0 saturated carbocycles. The molecular formula is C19H14ClN5O. The van der Waals surface area contributed by atoms with Crippen molar-refractivity contribution in [3.63, 3.8) is 0 Å². The number of pyridine rings is 1. The summed E-state index contributed by atoms with van der Waals surface area (Å²) in [6.07, 6.45) is 1.69. The second-order valence-corrected chi connectivity index (χ2v) is 5.89. The Balaban J connectivity index is 1.73.